The Bertz CT molecular complexity index is 471. The summed E-state index contributed by atoms with van der Waals surface area (Å²) in [5.74, 6) is -3.14. The van der Waals surface area contributed by atoms with Crippen LogP contribution in [0.3, 0.4) is 0 Å². The number of rotatable bonds is 4. The molecule has 0 bridgehead atoms. The zero-order valence-corrected chi connectivity index (χ0v) is 9.04. The zero-order valence-electron chi connectivity index (χ0n) is 9.04. The van der Waals surface area contributed by atoms with Gasteiger partial charge in [-0.2, -0.15) is 0 Å². The summed E-state index contributed by atoms with van der Waals surface area (Å²) in [6.45, 7) is 0. The number of phenols is 1. The smallest absolute Gasteiger partial charge is 0.311 e. The van der Waals surface area contributed by atoms with Gasteiger partial charge in [0.15, 0.2) is 0 Å². The topological polar surface area (TPSA) is 101 Å². The van der Waals surface area contributed by atoms with Crippen molar-refractivity contribution in [3.8, 4) is 5.75 Å². The molecule has 3 unspecified atom stereocenters. The molecule has 0 aromatic heterocycles. The molecule has 3 atom stereocenters. The predicted octanol–water partition coefficient (Wildman–Crippen LogP) is 0.682. The summed E-state index contributed by atoms with van der Waals surface area (Å²) in [5.41, 5.74) is 5.49. The summed E-state index contributed by atoms with van der Waals surface area (Å²) in [5, 5.41) is 18.8. The molecule has 0 aliphatic heterocycles. The van der Waals surface area contributed by atoms with E-state index >= 15 is 0 Å². The van der Waals surface area contributed by atoms with Crippen molar-refractivity contribution in [2.75, 3.05) is 0 Å². The van der Waals surface area contributed by atoms with E-state index in [4.69, 9.17) is 5.73 Å². The molecule has 0 saturated heterocycles. The van der Waals surface area contributed by atoms with Crippen molar-refractivity contribution in [3.05, 3.63) is 29.8 Å². The van der Waals surface area contributed by atoms with Crippen LogP contribution in [0.4, 0.5) is 0 Å². The van der Waals surface area contributed by atoms with Crippen LogP contribution in [0.15, 0.2) is 24.3 Å². The largest absolute Gasteiger partial charge is 0.508 e. The van der Waals surface area contributed by atoms with E-state index in [1.54, 1.807) is 18.2 Å². The maximum Gasteiger partial charge on any atom is 0.311 e. The van der Waals surface area contributed by atoms with Gasteiger partial charge in [-0.05, 0) is 18.4 Å². The van der Waals surface area contributed by atoms with Crippen molar-refractivity contribution in [1.82, 2.24) is 0 Å². The fourth-order valence-corrected chi connectivity index (χ4v) is 2.21. The molecule has 5 heteroatoms. The molecule has 1 aliphatic carbocycles. The summed E-state index contributed by atoms with van der Waals surface area (Å²) >= 11 is 0. The first-order valence-corrected chi connectivity index (χ1v) is 5.32. The number of aromatic hydroxyl groups is 1. The molecule has 1 fully saturated rings. The molecule has 90 valence electrons. The van der Waals surface area contributed by atoms with Crippen molar-refractivity contribution in [2.24, 2.45) is 17.6 Å². The number of hydrogen-bond donors (Lipinski definition) is 3. The van der Waals surface area contributed by atoms with Crippen LogP contribution >= 0.6 is 0 Å². The van der Waals surface area contributed by atoms with Gasteiger partial charge in [0.05, 0.1) is 5.92 Å². The fraction of sp³-hybridized carbons (Fsp3) is 0.333. The Hall–Kier alpha value is -2.04. The molecular formula is C12H13NO4. The molecule has 0 heterocycles. The Morgan fingerprint density at radius 3 is 2.47 bits per heavy atom. The van der Waals surface area contributed by atoms with Gasteiger partial charge in [-0.3, -0.25) is 9.59 Å². The van der Waals surface area contributed by atoms with E-state index in [0.29, 0.717) is 12.0 Å². The molecule has 1 amide bonds. The van der Waals surface area contributed by atoms with Crippen LogP contribution in [0, 0.1) is 11.8 Å². The quantitative estimate of drug-likeness (QED) is 0.714. The highest BCUT2D eigenvalue weighted by Crippen LogP contribution is 2.50. The van der Waals surface area contributed by atoms with E-state index in [1.807, 2.05) is 0 Å². The molecule has 17 heavy (non-hydrogen) atoms. The second kappa shape index (κ2) is 4.08. The number of aliphatic carboxylic acids is 1. The SMILES string of the molecule is NC(=O)C1CC1C(C(=O)O)c1ccccc1O. The van der Waals surface area contributed by atoms with E-state index in [1.165, 1.54) is 6.07 Å². The van der Waals surface area contributed by atoms with Gasteiger partial charge in [0, 0.05) is 11.5 Å². The molecular weight excluding hydrogens is 222 g/mol. The Morgan fingerprint density at radius 1 is 1.35 bits per heavy atom. The molecule has 0 spiro atoms. The lowest BCUT2D eigenvalue weighted by Crippen LogP contribution is -2.20. The van der Waals surface area contributed by atoms with Crippen molar-refractivity contribution < 1.29 is 19.8 Å². The maximum absolute atomic E-state index is 11.2. The number of nitrogens with two attached hydrogens (primary N) is 1. The number of amides is 1. The van der Waals surface area contributed by atoms with Crippen LogP contribution in [0.2, 0.25) is 0 Å². The lowest BCUT2D eigenvalue weighted by molar-refractivity contribution is -0.139. The lowest BCUT2D eigenvalue weighted by atomic mass is 9.92. The first kappa shape index (κ1) is 11.4. The third-order valence-electron chi connectivity index (χ3n) is 3.17. The number of carboxylic acid groups (broad SMARTS) is 1. The van der Waals surface area contributed by atoms with Crippen molar-refractivity contribution in [3.63, 3.8) is 0 Å². The number of para-hydroxylation sites is 1. The third kappa shape index (κ3) is 2.08. The van der Waals surface area contributed by atoms with Gasteiger partial charge in [0.2, 0.25) is 5.91 Å². The van der Waals surface area contributed by atoms with Crippen LogP contribution in [-0.4, -0.2) is 22.1 Å². The van der Waals surface area contributed by atoms with Gasteiger partial charge in [-0.25, -0.2) is 0 Å². The van der Waals surface area contributed by atoms with Gasteiger partial charge in [0.25, 0.3) is 0 Å². The van der Waals surface area contributed by atoms with Gasteiger partial charge < -0.3 is 15.9 Å². The average molecular weight is 235 g/mol. The second-order valence-corrected chi connectivity index (χ2v) is 4.28. The molecule has 2 rings (SSSR count). The molecule has 5 nitrogen and oxygen atoms in total. The van der Waals surface area contributed by atoms with E-state index in [2.05, 4.69) is 0 Å². The number of carbonyl (C=O) groups excluding carboxylic acids is 1. The number of hydrogen-bond acceptors (Lipinski definition) is 3. The minimum absolute atomic E-state index is 0.0602. The number of carboxylic acids is 1. The zero-order chi connectivity index (χ0) is 12.6. The standard InChI is InChI=1S/C12H13NO4/c13-11(15)8-5-7(8)10(12(16)17)6-3-1-2-4-9(6)14/h1-4,7-8,10,14H,5H2,(H2,13,15)(H,16,17). The highest BCUT2D eigenvalue weighted by Gasteiger charge is 2.50. The van der Waals surface area contributed by atoms with Crippen LogP contribution in [0.1, 0.15) is 17.9 Å². The third-order valence-corrected chi connectivity index (χ3v) is 3.17. The van der Waals surface area contributed by atoms with Crippen LogP contribution in [0.25, 0.3) is 0 Å². The Morgan fingerprint density at radius 2 is 2.00 bits per heavy atom. The van der Waals surface area contributed by atoms with Crippen LogP contribution in [-0.2, 0) is 9.59 Å². The van der Waals surface area contributed by atoms with Gasteiger partial charge in [-0.1, -0.05) is 18.2 Å². The molecule has 1 saturated carbocycles. The van der Waals surface area contributed by atoms with E-state index in [0.717, 1.165) is 0 Å². The summed E-state index contributed by atoms with van der Waals surface area (Å²) in [6.07, 6.45) is 0.473. The Labute approximate surface area is 97.9 Å². The summed E-state index contributed by atoms with van der Waals surface area (Å²) in [6, 6.07) is 6.28. The lowest BCUT2D eigenvalue weighted by Gasteiger charge is -2.13. The van der Waals surface area contributed by atoms with Crippen LogP contribution < -0.4 is 5.73 Å². The molecule has 4 N–H and O–H groups in total. The fourth-order valence-electron chi connectivity index (χ4n) is 2.21. The molecule has 1 aromatic rings. The highest BCUT2D eigenvalue weighted by atomic mass is 16.4. The van der Waals surface area contributed by atoms with E-state index < -0.39 is 23.7 Å². The number of primary amides is 1. The summed E-state index contributed by atoms with van der Waals surface area (Å²) < 4.78 is 0. The van der Waals surface area contributed by atoms with Crippen molar-refractivity contribution >= 4 is 11.9 Å². The van der Waals surface area contributed by atoms with Gasteiger partial charge >= 0.3 is 5.97 Å². The first-order valence-electron chi connectivity index (χ1n) is 5.32. The Kier molecular flexibility index (Phi) is 2.75. The van der Waals surface area contributed by atoms with E-state index in [9.17, 15) is 19.8 Å². The molecule has 1 aliphatic rings. The number of phenolic OH excluding ortho intramolecular Hbond substituents is 1. The number of benzene rings is 1. The second-order valence-electron chi connectivity index (χ2n) is 4.28. The predicted molar refractivity (Wildman–Crippen MR) is 59.3 cm³/mol. The number of carbonyl (C=O) groups is 2. The van der Waals surface area contributed by atoms with Crippen LogP contribution in [0.5, 0.6) is 5.75 Å². The average Bonchev–Trinajstić information content (AvgIpc) is 3.01. The minimum Gasteiger partial charge on any atom is -0.508 e. The molecule has 0 radical (unpaired) electrons. The van der Waals surface area contributed by atoms with E-state index in [-0.39, 0.29) is 11.7 Å². The Balaban J connectivity index is 2.29. The first-order chi connectivity index (χ1) is 8.02. The van der Waals surface area contributed by atoms with Crippen molar-refractivity contribution in [2.45, 2.75) is 12.3 Å². The minimum atomic E-state index is -1.04. The summed E-state index contributed by atoms with van der Waals surface area (Å²) in [4.78, 5) is 22.2. The monoisotopic (exact) mass is 235 g/mol. The maximum atomic E-state index is 11.2. The van der Waals surface area contributed by atoms with Gasteiger partial charge in [0.1, 0.15) is 5.75 Å². The van der Waals surface area contributed by atoms with Crippen molar-refractivity contribution in [1.29, 1.82) is 0 Å². The highest BCUT2D eigenvalue weighted by molar-refractivity contribution is 5.84. The van der Waals surface area contributed by atoms with Gasteiger partial charge in [-0.15, -0.1) is 0 Å². The molecule has 1 aromatic carbocycles. The summed E-state index contributed by atoms with van der Waals surface area (Å²) in [7, 11) is 0. The normalized spacial score (nSPS) is 24.0.